The van der Waals surface area contributed by atoms with Crippen molar-refractivity contribution in [3.8, 4) is 11.5 Å². The van der Waals surface area contributed by atoms with Gasteiger partial charge in [-0.05, 0) is 71.3 Å². The molecule has 3 rings (SSSR count). The van der Waals surface area contributed by atoms with Gasteiger partial charge in [-0.3, -0.25) is 4.79 Å². The Morgan fingerprint density at radius 1 is 1.16 bits per heavy atom. The Morgan fingerprint density at radius 3 is 2.53 bits per heavy atom. The van der Waals surface area contributed by atoms with Crippen molar-refractivity contribution < 1.29 is 28.5 Å². The standard InChI is InChI=1S/C24H36N2O6/c1-23(2,3)32-22(28)25-15-21(27)31-17-9-10-24(11-12-26(4)20(24)14-17)16-7-8-18(29-5)19(13-16)30-6/h7-8,13,17,20H,9-12,14-15H2,1-6H3,(H,25,28)/t17-,20+,24+/m1/s1. The number of nitrogens with one attached hydrogen (secondary N) is 1. The fourth-order valence-electron chi connectivity index (χ4n) is 5.02. The van der Waals surface area contributed by atoms with E-state index >= 15 is 0 Å². The van der Waals surface area contributed by atoms with Gasteiger partial charge in [0, 0.05) is 17.9 Å². The van der Waals surface area contributed by atoms with Gasteiger partial charge in [-0.1, -0.05) is 6.07 Å². The van der Waals surface area contributed by atoms with Crippen LogP contribution in [0.5, 0.6) is 11.5 Å². The summed E-state index contributed by atoms with van der Waals surface area (Å²) in [6.45, 7) is 6.10. The van der Waals surface area contributed by atoms with Gasteiger partial charge in [0.1, 0.15) is 18.2 Å². The smallest absolute Gasteiger partial charge is 0.408 e. The highest BCUT2D eigenvalue weighted by Gasteiger charge is 2.51. The summed E-state index contributed by atoms with van der Waals surface area (Å²) in [5, 5.41) is 2.47. The number of alkyl carbamates (subject to hydrolysis) is 1. The predicted octanol–water partition coefficient (Wildman–Crippen LogP) is 3.27. The number of hydrogen-bond acceptors (Lipinski definition) is 7. The summed E-state index contributed by atoms with van der Waals surface area (Å²) in [5.41, 5.74) is 0.616. The third kappa shape index (κ3) is 5.28. The zero-order valence-corrected chi connectivity index (χ0v) is 20.0. The van der Waals surface area contributed by atoms with E-state index in [9.17, 15) is 9.59 Å². The van der Waals surface area contributed by atoms with Crippen LogP contribution in [0.1, 0.15) is 52.0 Å². The first-order valence-corrected chi connectivity index (χ1v) is 11.2. The molecule has 1 saturated carbocycles. The Labute approximate surface area is 190 Å². The van der Waals surface area contributed by atoms with E-state index in [0.717, 1.165) is 43.7 Å². The maximum atomic E-state index is 12.3. The number of fused-ring (bicyclic) bond motifs is 1. The van der Waals surface area contributed by atoms with E-state index in [1.165, 1.54) is 5.56 Å². The van der Waals surface area contributed by atoms with Crippen molar-refractivity contribution in [1.29, 1.82) is 0 Å². The normalized spacial score (nSPS) is 25.6. The van der Waals surface area contributed by atoms with E-state index in [1.807, 2.05) is 6.07 Å². The second-order valence-electron chi connectivity index (χ2n) is 9.71. The molecular weight excluding hydrogens is 412 g/mol. The Balaban J connectivity index is 1.64. The van der Waals surface area contributed by atoms with E-state index in [0.29, 0.717) is 0 Å². The van der Waals surface area contributed by atoms with Crippen molar-refractivity contribution in [2.45, 2.75) is 69.6 Å². The molecule has 1 aromatic rings. The molecule has 1 aromatic carbocycles. The van der Waals surface area contributed by atoms with E-state index in [2.05, 4.69) is 29.4 Å². The highest BCUT2D eigenvalue weighted by Crippen LogP contribution is 2.50. The maximum absolute atomic E-state index is 12.3. The molecule has 178 valence electrons. The minimum atomic E-state index is -0.624. The maximum Gasteiger partial charge on any atom is 0.408 e. The third-order valence-electron chi connectivity index (χ3n) is 6.51. The highest BCUT2D eigenvalue weighted by atomic mass is 16.6. The SMILES string of the molecule is COc1ccc([C@@]23CC[C@@H](OC(=O)CNC(=O)OC(C)(C)C)C[C@@H]2N(C)CC3)cc1OC. The summed E-state index contributed by atoms with van der Waals surface area (Å²) in [6.07, 6.45) is 2.68. The van der Waals surface area contributed by atoms with Crippen LogP contribution in [0.25, 0.3) is 0 Å². The fourth-order valence-corrected chi connectivity index (χ4v) is 5.02. The average molecular weight is 449 g/mol. The Kier molecular flexibility index (Phi) is 7.22. The Bertz CT molecular complexity index is 836. The number of likely N-dealkylation sites (N-methyl/N-ethyl adjacent to an activating group) is 1. The minimum absolute atomic E-state index is 0.00796. The van der Waals surface area contributed by atoms with Crippen LogP contribution >= 0.6 is 0 Å². The summed E-state index contributed by atoms with van der Waals surface area (Å²) in [5.74, 6) is 1.00. The predicted molar refractivity (Wildman–Crippen MR) is 120 cm³/mol. The van der Waals surface area contributed by atoms with Gasteiger partial charge in [0.25, 0.3) is 0 Å². The molecule has 0 radical (unpaired) electrons. The van der Waals surface area contributed by atoms with Crippen molar-refractivity contribution in [2.75, 3.05) is 34.4 Å². The summed E-state index contributed by atoms with van der Waals surface area (Å²) in [4.78, 5) is 26.5. The lowest BCUT2D eigenvalue weighted by atomic mass is 9.65. The molecule has 0 bridgehead atoms. The highest BCUT2D eigenvalue weighted by molar-refractivity contribution is 5.78. The first kappa shape index (κ1) is 24.2. The number of amides is 1. The molecule has 1 aliphatic heterocycles. The van der Waals surface area contributed by atoms with Crippen LogP contribution < -0.4 is 14.8 Å². The number of benzene rings is 1. The second-order valence-corrected chi connectivity index (χ2v) is 9.71. The molecule has 0 spiro atoms. The fraction of sp³-hybridized carbons (Fsp3) is 0.667. The molecule has 1 saturated heterocycles. The van der Waals surface area contributed by atoms with Gasteiger partial charge in [0.2, 0.25) is 0 Å². The molecule has 8 nitrogen and oxygen atoms in total. The molecule has 1 aliphatic carbocycles. The summed E-state index contributed by atoms with van der Waals surface area (Å²) >= 11 is 0. The Hall–Kier alpha value is -2.48. The molecule has 8 heteroatoms. The lowest BCUT2D eigenvalue weighted by Gasteiger charge is -2.44. The molecule has 3 atom stereocenters. The van der Waals surface area contributed by atoms with Crippen molar-refractivity contribution in [3.63, 3.8) is 0 Å². The number of methoxy groups -OCH3 is 2. The van der Waals surface area contributed by atoms with Crippen LogP contribution in [0.15, 0.2) is 18.2 Å². The largest absolute Gasteiger partial charge is 0.493 e. The number of carbonyl (C=O) groups is 2. The first-order valence-electron chi connectivity index (χ1n) is 11.2. The lowest BCUT2D eigenvalue weighted by Crippen LogP contribution is -2.48. The van der Waals surface area contributed by atoms with Gasteiger partial charge in [-0.15, -0.1) is 0 Å². The molecular formula is C24H36N2O6. The topological polar surface area (TPSA) is 86.3 Å². The lowest BCUT2D eigenvalue weighted by molar-refractivity contribution is -0.151. The summed E-state index contributed by atoms with van der Waals surface area (Å²) in [6, 6.07) is 6.44. The number of esters is 1. The van der Waals surface area contributed by atoms with Gasteiger partial charge in [0.05, 0.1) is 14.2 Å². The van der Waals surface area contributed by atoms with Crippen molar-refractivity contribution in [2.24, 2.45) is 0 Å². The molecule has 1 amide bonds. The molecule has 2 fully saturated rings. The van der Waals surface area contributed by atoms with Crippen LogP contribution in [-0.4, -0.2) is 69.1 Å². The molecule has 0 unspecified atom stereocenters. The monoisotopic (exact) mass is 448 g/mol. The zero-order chi connectivity index (χ0) is 23.5. The van der Waals surface area contributed by atoms with Crippen LogP contribution in [0.3, 0.4) is 0 Å². The molecule has 0 aromatic heterocycles. The number of rotatable bonds is 6. The number of carbonyl (C=O) groups excluding carboxylic acids is 2. The molecule has 32 heavy (non-hydrogen) atoms. The minimum Gasteiger partial charge on any atom is -0.493 e. The number of hydrogen-bond donors (Lipinski definition) is 1. The van der Waals surface area contributed by atoms with Crippen LogP contribution in [0, 0.1) is 0 Å². The van der Waals surface area contributed by atoms with Crippen LogP contribution in [0.4, 0.5) is 4.79 Å². The van der Waals surface area contributed by atoms with Crippen LogP contribution in [-0.2, 0) is 19.7 Å². The van der Waals surface area contributed by atoms with Gasteiger partial charge in [-0.25, -0.2) is 4.79 Å². The first-order chi connectivity index (χ1) is 15.1. The van der Waals surface area contributed by atoms with Gasteiger partial charge in [-0.2, -0.15) is 0 Å². The molecule has 2 aliphatic rings. The molecule has 1 heterocycles. The van der Waals surface area contributed by atoms with E-state index in [-0.39, 0.29) is 24.1 Å². The van der Waals surface area contributed by atoms with Crippen molar-refractivity contribution in [3.05, 3.63) is 23.8 Å². The number of nitrogens with zero attached hydrogens (tertiary/aromatic N) is 1. The summed E-state index contributed by atoms with van der Waals surface area (Å²) < 4.78 is 21.8. The number of likely N-dealkylation sites (tertiary alicyclic amines) is 1. The summed E-state index contributed by atoms with van der Waals surface area (Å²) in [7, 11) is 5.42. The Morgan fingerprint density at radius 2 is 1.88 bits per heavy atom. The van der Waals surface area contributed by atoms with E-state index in [1.54, 1.807) is 35.0 Å². The van der Waals surface area contributed by atoms with Crippen molar-refractivity contribution >= 4 is 12.1 Å². The van der Waals surface area contributed by atoms with Crippen LogP contribution in [0.2, 0.25) is 0 Å². The van der Waals surface area contributed by atoms with Gasteiger partial charge in [0.15, 0.2) is 11.5 Å². The quantitative estimate of drug-likeness (QED) is 0.669. The average Bonchev–Trinajstić information content (AvgIpc) is 3.08. The van der Waals surface area contributed by atoms with Gasteiger partial charge < -0.3 is 29.2 Å². The third-order valence-corrected chi connectivity index (χ3v) is 6.51. The van der Waals surface area contributed by atoms with Gasteiger partial charge >= 0.3 is 12.1 Å². The van der Waals surface area contributed by atoms with Crippen molar-refractivity contribution in [1.82, 2.24) is 10.2 Å². The molecule has 1 N–H and O–H groups in total. The van der Waals surface area contributed by atoms with E-state index < -0.39 is 17.7 Å². The van der Waals surface area contributed by atoms with E-state index in [4.69, 9.17) is 18.9 Å². The number of ether oxygens (including phenoxy) is 4. The second kappa shape index (κ2) is 9.57. The zero-order valence-electron chi connectivity index (χ0n) is 20.0.